The van der Waals surface area contributed by atoms with Gasteiger partial charge in [0, 0.05) is 18.2 Å². The van der Waals surface area contributed by atoms with Crippen molar-refractivity contribution in [2.45, 2.75) is 25.3 Å². The summed E-state index contributed by atoms with van der Waals surface area (Å²) in [6.07, 6.45) is 3.06. The Morgan fingerprint density at radius 2 is 1.82 bits per heavy atom. The molecule has 1 N–H and O–H groups in total. The summed E-state index contributed by atoms with van der Waals surface area (Å²) >= 11 is 0. The minimum absolute atomic E-state index is 0.148. The molecule has 7 heteroatoms. The zero-order valence-electron chi connectivity index (χ0n) is 18.5. The van der Waals surface area contributed by atoms with Gasteiger partial charge in [0.1, 0.15) is 6.54 Å². The van der Waals surface area contributed by atoms with Crippen LogP contribution in [0.4, 0.5) is 5.95 Å². The second-order valence-corrected chi connectivity index (χ2v) is 9.07. The number of benzene rings is 2. The van der Waals surface area contributed by atoms with Crippen LogP contribution in [0.3, 0.4) is 0 Å². The quantitative estimate of drug-likeness (QED) is 0.666. The number of fused-ring (bicyclic) bond motifs is 2. The first-order chi connectivity index (χ1) is 16.2. The zero-order chi connectivity index (χ0) is 22.2. The Morgan fingerprint density at radius 1 is 1.00 bits per heavy atom. The lowest BCUT2D eigenvalue weighted by atomic mass is 9.82. The van der Waals surface area contributed by atoms with Crippen molar-refractivity contribution in [1.29, 1.82) is 0 Å². The molecular weight excluding hydrogens is 416 g/mol. The molecule has 0 unspecified atom stereocenters. The number of carbonyl (C=O) groups excluding carboxylic acids is 1. The number of ketones is 1. The summed E-state index contributed by atoms with van der Waals surface area (Å²) in [5.41, 5.74) is 4.05. The van der Waals surface area contributed by atoms with Gasteiger partial charge >= 0.3 is 0 Å². The number of quaternary nitrogens is 1. The monoisotopic (exact) mass is 443 g/mol. The van der Waals surface area contributed by atoms with E-state index in [0.29, 0.717) is 18.8 Å². The van der Waals surface area contributed by atoms with E-state index in [4.69, 9.17) is 14.5 Å². The number of hydrogen-bond acceptors (Lipinski definition) is 6. The van der Waals surface area contributed by atoms with Gasteiger partial charge in [-0.15, -0.1) is 0 Å². The van der Waals surface area contributed by atoms with Crippen molar-refractivity contribution >= 4 is 11.7 Å². The second-order valence-electron chi connectivity index (χ2n) is 9.07. The largest absolute Gasteiger partial charge is 0.454 e. The van der Waals surface area contributed by atoms with Gasteiger partial charge in [0.05, 0.1) is 37.4 Å². The molecule has 1 aromatic heterocycles. The van der Waals surface area contributed by atoms with Crippen molar-refractivity contribution in [2.24, 2.45) is 0 Å². The van der Waals surface area contributed by atoms with Crippen LogP contribution in [-0.2, 0) is 13.0 Å². The molecule has 1 atom stereocenters. The van der Waals surface area contributed by atoms with Crippen molar-refractivity contribution in [3.8, 4) is 11.5 Å². The third kappa shape index (κ3) is 4.04. The Hall–Kier alpha value is -3.45. The highest BCUT2D eigenvalue weighted by Crippen LogP contribution is 2.33. The van der Waals surface area contributed by atoms with Crippen LogP contribution < -0.4 is 19.3 Å². The van der Waals surface area contributed by atoms with Crippen molar-refractivity contribution in [3.05, 3.63) is 77.1 Å². The molecule has 2 aromatic carbocycles. The summed E-state index contributed by atoms with van der Waals surface area (Å²) < 4.78 is 10.9. The van der Waals surface area contributed by atoms with E-state index in [9.17, 15) is 4.79 Å². The molecule has 1 fully saturated rings. The Morgan fingerprint density at radius 3 is 2.67 bits per heavy atom. The van der Waals surface area contributed by atoms with Crippen LogP contribution in [0.25, 0.3) is 0 Å². The first-order valence-electron chi connectivity index (χ1n) is 11.6. The van der Waals surface area contributed by atoms with Crippen molar-refractivity contribution < 1.29 is 19.2 Å². The van der Waals surface area contributed by atoms with Gasteiger partial charge in [-0.05, 0) is 36.1 Å². The number of aromatic nitrogens is 2. The summed E-state index contributed by atoms with van der Waals surface area (Å²) in [5, 5.41) is 0. The van der Waals surface area contributed by atoms with E-state index in [0.717, 1.165) is 62.3 Å². The summed E-state index contributed by atoms with van der Waals surface area (Å²) in [5.74, 6) is 2.76. The Bertz CT molecular complexity index is 1180. The third-order valence-electron chi connectivity index (χ3n) is 6.94. The van der Waals surface area contributed by atoms with Gasteiger partial charge in [-0.2, -0.15) is 0 Å². The number of piperazine rings is 1. The van der Waals surface area contributed by atoms with Gasteiger partial charge in [0.25, 0.3) is 0 Å². The molecule has 3 aliphatic rings. The fraction of sp³-hybridized carbons (Fsp3) is 0.346. The van der Waals surface area contributed by atoms with E-state index >= 15 is 0 Å². The molecule has 3 aromatic rings. The molecule has 1 saturated heterocycles. The van der Waals surface area contributed by atoms with Crippen LogP contribution in [0.1, 0.15) is 39.5 Å². The molecule has 0 spiro atoms. The molecule has 168 valence electrons. The Balaban J connectivity index is 1.12. The lowest BCUT2D eigenvalue weighted by Gasteiger charge is -2.33. The lowest BCUT2D eigenvalue weighted by Crippen LogP contribution is -3.13. The van der Waals surface area contributed by atoms with Crippen molar-refractivity contribution in [3.63, 3.8) is 0 Å². The maximum Gasteiger partial charge on any atom is 0.231 e. The zero-order valence-corrected chi connectivity index (χ0v) is 18.5. The molecule has 0 saturated carbocycles. The fourth-order valence-corrected chi connectivity index (χ4v) is 5.09. The van der Waals surface area contributed by atoms with Gasteiger partial charge in [-0.25, -0.2) is 9.97 Å². The van der Waals surface area contributed by atoms with Gasteiger partial charge in [-0.1, -0.05) is 30.3 Å². The number of rotatable bonds is 4. The van der Waals surface area contributed by atoms with Gasteiger partial charge in [0.15, 0.2) is 17.3 Å². The standard InChI is InChI=1S/C26H26N4O3/c31-23-14-20(19-4-2-1-3-5-19)13-22-21(23)15-27-26(28-22)30-10-8-29(9-11-30)16-18-6-7-24-25(12-18)33-17-32-24/h1-7,12,15,20H,8-11,13-14,16-17H2/p+1/t20-/m1/s1. The van der Waals surface area contributed by atoms with E-state index in [1.165, 1.54) is 16.0 Å². The number of nitrogens with zero attached hydrogens (tertiary/aromatic N) is 3. The molecule has 0 bridgehead atoms. The van der Waals surface area contributed by atoms with E-state index in [-0.39, 0.29) is 11.7 Å². The van der Waals surface area contributed by atoms with Crippen LogP contribution >= 0.6 is 0 Å². The van der Waals surface area contributed by atoms with E-state index in [1.54, 1.807) is 6.20 Å². The number of carbonyl (C=O) groups is 1. The molecule has 0 amide bonds. The molecular formula is C26H27N4O3+. The maximum atomic E-state index is 12.7. The molecule has 2 aliphatic heterocycles. The SMILES string of the molecule is O=C1C[C@H](c2ccccc2)Cc2nc(N3CC[NH+](Cc4ccc5c(c4)OCO5)CC3)ncc21. The summed E-state index contributed by atoms with van der Waals surface area (Å²) in [6, 6.07) is 16.5. The van der Waals surface area contributed by atoms with Gasteiger partial charge < -0.3 is 19.3 Å². The first kappa shape index (κ1) is 20.2. The predicted octanol–water partition coefficient (Wildman–Crippen LogP) is 2.02. The average Bonchev–Trinajstić information content (AvgIpc) is 3.33. The van der Waals surface area contributed by atoms with Gasteiger partial charge in [0.2, 0.25) is 12.7 Å². The van der Waals surface area contributed by atoms with Crippen LogP contribution in [0, 0.1) is 0 Å². The minimum Gasteiger partial charge on any atom is -0.454 e. The lowest BCUT2D eigenvalue weighted by molar-refractivity contribution is -0.914. The first-order valence-corrected chi connectivity index (χ1v) is 11.6. The van der Waals surface area contributed by atoms with E-state index < -0.39 is 0 Å². The highest BCUT2D eigenvalue weighted by molar-refractivity contribution is 5.98. The molecule has 7 nitrogen and oxygen atoms in total. The number of hydrogen-bond donors (Lipinski definition) is 1. The van der Waals surface area contributed by atoms with Gasteiger partial charge in [-0.3, -0.25) is 4.79 Å². The fourth-order valence-electron chi connectivity index (χ4n) is 5.09. The highest BCUT2D eigenvalue weighted by atomic mass is 16.7. The highest BCUT2D eigenvalue weighted by Gasteiger charge is 2.30. The topological polar surface area (TPSA) is 69.0 Å². The summed E-state index contributed by atoms with van der Waals surface area (Å²) in [6.45, 7) is 5.09. The predicted molar refractivity (Wildman–Crippen MR) is 123 cm³/mol. The third-order valence-corrected chi connectivity index (χ3v) is 6.94. The van der Waals surface area contributed by atoms with E-state index in [1.807, 2.05) is 24.3 Å². The van der Waals surface area contributed by atoms with Crippen LogP contribution in [0.5, 0.6) is 11.5 Å². The number of Topliss-reactive ketones (excluding diaryl/α,β-unsaturated/α-hetero) is 1. The number of ether oxygens (including phenoxy) is 2. The molecule has 33 heavy (non-hydrogen) atoms. The molecule has 0 radical (unpaired) electrons. The molecule has 6 rings (SSSR count). The number of anilines is 1. The van der Waals surface area contributed by atoms with Crippen LogP contribution in [0.15, 0.2) is 54.7 Å². The average molecular weight is 444 g/mol. The smallest absolute Gasteiger partial charge is 0.231 e. The maximum absolute atomic E-state index is 12.7. The Labute approximate surface area is 193 Å². The summed E-state index contributed by atoms with van der Waals surface area (Å²) in [7, 11) is 0. The van der Waals surface area contributed by atoms with Crippen molar-refractivity contribution in [1.82, 2.24) is 9.97 Å². The normalized spacial score (nSPS) is 20.1. The molecule has 1 aliphatic carbocycles. The Kier molecular flexibility index (Phi) is 5.19. The summed E-state index contributed by atoms with van der Waals surface area (Å²) in [4.78, 5) is 25.9. The van der Waals surface area contributed by atoms with Crippen LogP contribution in [0.2, 0.25) is 0 Å². The second kappa shape index (κ2) is 8.48. The van der Waals surface area contributed by atoms with Crippen LogP contribution in [-0.4, -0.2) is 48.7 Å². The molecule has 3 heterocycles. The minimum atomic E-state index is 0.148. The van der Waals surface area contributed by atoms with Crippen molar-refractivity contribution in [2.75, 3.05) is 37.9 Å². The van der Waals surface area contributed by atoms with E-state index in [2.05, 4.69) is 34.1 Å². The number of nitrogens with one attached hydrogen (secondary N) is 1.